The topological polar surface area (TPSA) is 33.2 Å². The van der Waals surface area contributed by atoms with Gasteiger partial charge in [0.25, 0.3) is 5.91 Å². The minimum Gasteiger partial charge on any atom is -0.334 e. The Morgan fingerprint density at radius 3 is 2.78 bits per heavy atom. The van der Waals surface area contributed by atoms with Crippen molar-refractivity contribution in [3.8, 4) is 0 Å². The van der Waals surface area contributed by atoms with Crippen molar-refractivity contribution in [2.75, 3.05) is 12.4 Å². The smallest absolute Gasteiger partial charge is 0.255 e. The molecule has 2 rings (SSSR count). The highest BCUT2D eigenvalue weighted by molar-refractivity contribution is 6.18. The van der Waals surface area contributed by atoms with E-state index >= 15 is 0 Å². The molecular formula is C13H16ClFN2O. The average molecular weight is 271 g/mol. The van der Waals surface area contributed by atoms with Crippen molar-refractivity contribution in [3.63, 3.8) is 0 Å². The lowest BCUT2D eigenvalue weighted by Crippen LogP contribution is -2.40. The molecule has 0 aromatic carbocycles. The Morgan fingerprint density at radius 2 is 2.17 bits per heavy atom. The van der Waals surface area contributed by atoms with Gasteiger partial charge >= 0.3 is 0 Å². The number of halogens is 2. The van der Waals surface area contributed by atoms with Crippen LogP contribution in [0.25, 0.3) is 0 Å². The molecule has 3 nitrogen and oxygen atoms in total. The highest BCUT2D eigenvalue weighted by atomic mass is 35.5. The number of alkyl halides is 1. The average Bonchev–Trinajstić information content (AvgIpc) is 2.89. The van der Waals surface area contributed by atoms with Gasteiger partial charge in [0.2, 0.25) is 0 Å². The second-order valence-corrected chi connectivity index (χ2v) is 4.90. The third kappa shape index (κ3) is 2.99. The molecule has 0 saturated heterocycles. The third-order valence-electron chi connectivity index (χ3n) is 3.30. The molecule has 0 radical (unpaired) electrons. The van der Waals surface area contributed by atoms with Crippen LogP contribution < -0.4 is 0 Å². The van der Waals surface area contributed by atoms with Gasteiger partial charge in [-0.2, -0.15) is 0 Å². The number of hydrogen-bond donors (Lipinski definition) is 0. The van der Waals surface area contributed by atoms with Gasteiger partial charge in [-0.3, -0.25) is 9.78 Å². The van der Waals surface area contributed by atoms with Crippen molar-refractivity contribution < 1.29 is 9.18 Å². The van der Waals surface area contributed by atoms with Gasteiger partial charge in [-0.05, 0) is 18.9 Å². The Labute approximate surface area is 111 Å². The zero-order valence-corrected chi connectivity index (χ0v) is 10.9. The lowest BCUT2D eigenvalue weighted by Gasteiger charge is -2.28. The van der Waals surface area contributed by atoms with E-state index in [-0.39, 0.29) is 11.9 Å². The van der Waals surface area contributed by atoms with Crippen LogP contribution in [0.15, 0.2) is 18.5 Å². The summed E-state index contributed by atoms with van der Waals surface area (Å²) in [6, 6.07) is 1.46. The minimum absolute atomic E-state index is 0.172. The number of carbonyl (C=O) groups excluding carboxylic acids is 1. The van der Waals surface area contributed by atoms with Gasteiger partial charge < -0.3 is 4.90 Å². The summed E-state index contributed by atoms with van der Waals surface area (Å²) in [5, 5.41) is 0. The summed E-state index contributed by atoms with van der Waals surface area (Å²) in [4.78, 5) is 17.8. The van der Waals surface area contributed by atoms with Crippen molar-refractivity contribution in [1.82, 2.24) is 9.88 Å². The third-order valence-corrected chi connectivity index (χ3v) is 3.47. The molecule has 1 saturated carbocycles. The van der Waals surface area contributed by atoms with E-state index in [0.29, 0.717) is 18.0 Å². The van der Waals surface area contributed by atoms with Gasteiger partial charge in [0, 0.05) is 24.7 Å². The van der Waals surface area contributed by atoms with Gasteiger partial charge in [0.05, 0.1) is 11.8 Å². The molecule has 0 unspecified atom stereocenters. The number of rotatable bonds is 4. The van der Waals surface area contributed by atoms with E-state index in [4.69, 9.17) is 11.6 Å². The SMILES string of the molecule is O=C(c1cncc(F)c1)N(CCCl)C1CCCC1. The van der Waals surface area contributed by atoms with E-state index in [2.05, 4.69) is 4.98 Å². The maximum atomic E-state index is 13.1. The van der Waals surface area contributed by atoms with Crippen molar-refractivity contribution in [2.24, 2.45) is 0 Å². The molecule has 0 aliphatic heterocycles. The van der Waals surface area contributed by atoms with E-state index in [1.165, 1.54) is 12.3 Å². The predicted molar refractivity (Wildman–Crippen MR) is 68.2 cm³/mol. The van der Waals surface area contributed by atoms with Crippen molar-refractivity contribution in [2.45, 2.75) is 31.7 Å². The number of pyridine rings is 1. The molecule has 1 aromatic heterocycles. The molecule has 1 aliphatic carbocycles. The van der Waals surface area contributed by atoms with Crippen LogP contribution in [0.2, 0.25) is 0 Å². The first-order valence-electron chi connectivity index (χ1n) is 6.20. The van der Waals surface area contributed by atoms with E-state index < -0.39 is 5.82 Å². The maximum absolute atomic E-state index is 13.1. The van der Waals surface area contributed by atoms with Gasteiger partial charge in [-0.15, -0.1) is 11.6 Å². The quantitative estimate of drug-likeness (QED) is 0.788. The highest BCUT2D eigenvalue weighted by Crippen LogP contribution is 2.24. The molecule has 1 heterocycles. The fraction of sp³-hybridized carbons (Fsp3) is 0.538. The molecule has 0 bridgehead atoms. The number of nitrogens with zero attached hydrogens (tertiary/aromatic N) is 2. The van der Waals surface area contributed by atoms with Crippen LogP contribution in [0.1, 0.15) is 36.0 Å². The second kappa shape index (κ2) is 6.14. The monoisotopic (exact) mass is 270 g/mol. The van der Waals surface area contributed by atoms with Crippen LogP contribution in [0.4, 0.5) is 4.39 Å². The number of carbonyl (C=O) groups is 1. The molecule has 0 N–H and O–H groups in total. The zero-order chi connectivity index (χ0) is 13.0. The zero-order valence-electron chi connectivity index (χ0n) is 10.1. The summed E-state index contributed by atoms with van der Waals surface area (Å²) in [6.45, 7) is 0.502. The Morgan fingerprint density at radius 1 is 1.44 bits per heavy atom. The van der Waals surface area contributed by atoms with E-state index in [1.54, 1.807) is 4.90 Å². The van der Waals surface area contributed by atoms with Crippen LogP contribution >= 0.6 is 11.6 Å². The van der Waals surface area contributed by atoms with Crippen LogP contribution in [0.3, 0.4) is 0 Å². The molecule has 18 heavy (non-hydrogen) atoms. The Kier molecular flexibility index (Phi) is 4.53. The predicted octanol–water partition coefficient (Wildman–Crippen LogP) is 2.84. The fourth-order valence-corrected chi connectivity index (χ4v) is 2.63. The van der Waals surface area contributed by atoms with Crippen LogP contribution in [0.5, 0.6) is 0 Å². The Hall–Kier alpha value is -1.16. The Bertz CT molecular complexity index is 421. The summed E-state index contributed by atoms with van der Waals surface area (Å²) in [6.07, 6.45) is 6.78. The maximum Gasteiger partial charge on any atom is 0.255 e. The normalized spacial score (nSPS) is 15.9. The van der Waals surface area contributed by atoms with Crippen molar-refractivity contribution in [3.05, 3.63) is 29.8 Å². The second-order valence-electron chi connectivity index (χ2n) is 4.52. The minimum atomic E-state index is -0.488. The molecular weight excluding hydrogens is 255 g/mol. The molecule has 5 heteroatoms. The summed E-state index contributed by atoms with van der Waals surface area (Å²) in [5.41, 5.74) is 0.298. The molecule has 1 aliphatic rings. The molecule has 98 valence electrons. The molecule has 1 fully saturated rings. The molecule has 0 spiro atoms. The van der Waals surface area contributed by atoms with E-state index in [1.807, 2.05) is 0 Å². The summed E-state index contributed by atoms with van der Waals surface area (Å²) in [7, 11) is 0. The van der Waals surface area contributed by atoms with Crippen molar-refractivity contribution >= 4 is 17.5 Å². The summed E-state index contributed by atoms with van der Waals surface area (Å²) in [5.74, 6) is -0.266. The summed E-state index contributed by atoms with van der Waals surface area (Å²) >= 11 is 5.75. The van der Waals surface area contributed by atoms with Gasteiger partial charge in [0.15, 0.2) is 0 Å². The molecule has 1 amide bonds. The molecule has 0 atom stereocenters. The number of aromatic nitrogens is 1. The first kappa shape index (κ1) is 13.3. The van der Waals surface area contributed by atoms with Gasteiger partial charge in [0.1, 0.15) is 5.82 Å². The first-order valence-corrected chi connectivity index (χ1v) is 6.73. The summed E-state index contributed by atoms with van der Waals surface area (Å²) < 4.78 is 13.1. The van der Waals surface area contributed by atoms with Crippen LogP contribution in [0, 0.1) is 5.82 Å². The lowest BCUT2D eigenvalue weighted by atomic mass is 10.1. The van der Waals surface area contributed by atoms with E-state index in [0.717, 1.165) is 31.9 Å². The van der Waals surface area contributed by atoms with Gasteiger partial charge in [-0.25, -0.2) is 4.39 Å². The number of hydrogen-bond acceptors (Lipinski definition) is 2. The standard InChI is InChI=1S/C13H16ClFN2O/c14-5-6-17(12-3-1-2-4-12)13(18)10-7-11(15)9-16-8-10/h7-9,12H,1-6H2. The van der Waals surface area contributed by atoms with Crippen molar-refractivity contribution in [1.29, 1.82) is 0 Å². The van der Waals surface area contributed by atoms with Crippen LogP contribution in [-0.4, -0.2) is 34.3 Å². The van der Waals surface area contributed by atoms with Gasteiger partial charge in [-0.1, -0.05) is 12.8 Å². The lowest BCUT2D eigenvalue weighted by molar-refractivity contribution is 0.0694. The van der Waals surface area contributed by atoms with E-state index in [9.17, 15) is 9.18 Å². The number of amides is 1. The fourth-order valence-electron chi connectivity index (χ4n) is 2.45. The molecule has 1 aromatic rings. The highest BCUT2D eigenvalue weighted by Gasteiger charge is 2.27. The van der Waals surface area contributed by atoms with Crippen LogP contribution in [-0.2, 0) is 0 Å². The first-order chi connectivity index (χ1) is 8.72. The Balaban J connectivity index is 2.17. The largest absolute Gasteiger partial charge is 0.334 e.